The Balaban J connectivity index is 2.45. The number of hydrogen-bond acceptors (Lipinski definition) is 2. The molecule has 2 N–H and O–H groups in total. The quantitative estimate of drug-likeness (QED) is 0.777. The molecule has 1 atom stereocenters. The van der Waals surface area contributed by atoms with Gasteiger partial charge in [-0.1, -0.05) is 18.2 Å². The van der Waals surface area contributed by atoms with E-state index in [0.717, 1.165) is 0 Å². The van der Waals surface area contributed by atoms with Gasteiger partial charge >= 0.3 is 0 Å². The van der Waals surface area contributed by atoms with Crippen LogP contribution in [0.4, 0.5) is 4.39 Å². The Kier molecular flexibility index (Phi) is 2.91. The van der Waals surface area contributed by atoms with Gasteiger partial charge in [0.2, 0.25) is 0 Å². The molecule has 0 spiro atoms. The van der Waals surface area contributed by atoms with Gasteiger partial charge in [-0.15, -0.1) is 0 Å². The number of nitrogens with zero attached hydrogens (tertiary/aromatic N) is 2. The van der Waals surface area contributed by atoms with Crippen LogP contribution in [-0.2, 0) is 0 Å². The summed E-state index contributed by atoms with van der Waals surface area (Å²) in [4.78, 5) is 12.6. The number of para-hydroxylation sites is 1. The van der Waals surface area contributed by atoms with Gasteiger partial charge in [0.05, 0.1) is 5.69 Å². The predicted octanol–water partition coefficient (Wildman–Crippen LogP) is 2.25. The van der Waals surface area contributed by atoms with Gasteiger partial charge in [-0.05, 0) is 25.1 Å². The van der Waals surface area contributed by atoms with Crippen molar-refractivity contribution in [3.8, 4) is 5.69 Å². The van der Waals surface area contributed by atoms with Crippen LogP contribution in [0.1, 0.15) is 18.7 Å². The maximum Gasteiger partial charge on any atom is 0.282 e. The van der Waals surface area contributed by atoms with Crippen molar-refractivity contribution >= 4 is 5.52 Å². The smallest absolute Gasteiger partial charge is 0.282 e. The zero-order valence-corrected chi connectivity index (χ0v) is 11.0. The van der Waals surface area contributed by atoms with Crippen molar-refractivity contribution in [3.05, 3.63) is 70.7 Å². The van der Waals surface area contributed by atoms with Gasteiger partial charge in [0.1, 0.15) is 5.52 Å². The number of halogens is 1. The fourth-order valence-corrected chi connectivity index (χ4v) is 2.33. The number of benzene rings is 1. The van der Waals surface area contributed by atoms with E-state index in [1.807, 2.05) is 18.2 Å². The molecule has 4 nitrogen and oxygen atoms in total. The molecule has 2 heterocycles. The zero-order chi connectivity index (χ0) is 14.3. The summed E-state index contributed by atoms with van der Waals surface area (Å²) in [6.07, 6.45) is 3.21. The zero-order valence-electron chi connectivity index (χ0n) is 11.0. The van der Waals surface area contributed by atoms with Crippen LogP contribution in [0.2, 0.25) is 0 Å². The largest absolute Gasteiger partial charge is 0.323 e. The lowest BCUT2D eigenvalue weighted by atomic mass is 10.2. The Hall–Kier alpha value is -2.40. The van der Waals surface area contributed by atoms with Gasteiger partial charge in [0, 0.05) is 24.1 Å². The Bertz CT molecular complexity index is 818. The summed E-state index contributed by atoms with van der Waals surface area (Å²) >= 11 is 0. The molecule has 5 heteroatoms. The van der Waals surface area contributed by atoms with Crippen molar-refractivity contribution in [1.82, 2.24) is 8.97 Å². The molecule has 102 valence electrons. The van der Waals surface area contributed by atoms with Crippen LogP contribution in [0.25, 0.3) is 11.2 Å². The average Bonchev–Trinajstić information content (AvgIpc) is 2.81. The molecule has 0 bridgehead atoms. The third-order valence-corrected chi connectivity index (χ3v) is 3.28. The fraction of sp³-hybridized carbons (Fsp3) is 0.133. The van der Waals surface area contributed by atoms with Crippen molar-refractivity contribution in [3.63, 3.8) is 0 Å². The molecule has 0 unspecified atom stereocenters. The predicted molar refractivity (Wildman–Crippen MR) is 75.6 cm³/mol. The molecule has 0 aliphatic rings. The summed E-state index contributed by atoms with van der Waals surface area (Å²) in [5.74, 6) is -0.532. The third kappa shape index (κ3) is 1.83. The van der Waals surface area contributed by atoms with Crippen molar-refractivity contribution in [2.75, 3.05) is 0 Å². The molecular formula is C15H14FN3O. The van der Waals surface area contributed by atoms with Gasteiger partial charge < -0.3 is 10.1 Å². The fourth-order valence-electron chi connectivity index (χ4n) is 2.33. The molecule has 0 saturated heterocycles. The maximum absolute atomic E-state index is 13.8. The second-order valence-electron chi connectivity index (χ2n) is 4.74. The van der Waals surface area contributed by atoms with E-state index in [0.29, 0.717) is 11.4 Å². The second kappa shape index (κ2) is 4.61. The van der Waals surface area contributed by atoms with Gasteiger partial charge in [0.15, 0.2) is 5.82 Å². The van der Waals surface area contributed by atoms with Crippen LogP contribution < -0.4 is 11.3 Å². The van der Waals surface area contributed by atoms with E-state index in [9.17, 15) is 9.18 Å². The molecule has 0 radical (unpaired) electrons. The van der Waals surface area contributed by atoms with Gasteiger partial charge in [-0.3, -0.25) is 9.36 Å². The highest BCUT2D eigenvalue weighted by Gasteiger charge is 2.16. The molecular weight excluding hydrogens is 257 g/mol. The Morgan fingerprint density at radius 2 is 1.90 bits per heavy atom. The van der Waals surface area contributed by atoms with Gasteiger partial charge in [-0.25, -0.2) is 4.39 Å². The first kappa shape index (κ1) is 12.6. The summed E-state index contributed by atoms with van der Waals surface area (Å²) < 4.78 is 16.7. The molecule has 20 heavy (non-hydrogen) atoms. The number of nitrogens with two attached hydrogens (primary N) is 1. The highest BCUT2D eigenvalue weighted by molar-refractivity contribution is 5.50. The number of fused-ring (bicyclic) bond motifs is 1. The molecule has 2 aromatic heterocycles. The molecule has 0 aliphatic carbocycles. The van der Waals surface area contributed by atoms with Crippen LogP contribution in [0.5, 0.6) is 0 Å². The van der Waals surface area contributed by atoms with E-state index in [-0.39, 0.29) is 11.6 Å². The average molecular weight is 271 g/mol. The molecule has 3 aromatic rings. The maximum atomic E-state index is 13.8. The monoisotopic (exact) mass is 271 g/mol. The highest BCUT2D eigenvalue weighted by atomic mass is 19.1. The van der Waals surface area contributed by atoms with E-state index in [1.54, 1.807) is 25.3 Å². The van der Waals surface area contributed by atoms with E-state index in [1.165, 1.54) is 21.2 Å². The molecule has 0 amide bonds. The molecule has 1 aromatic carbocycles. The summed E-state index contributed by atoms with van der Waals surface area (Å²) in [6.45, 7) is 1.79. The second-order valence-corrected chi connectivity index (χ2v) is 4.74. The first-order valence-corrected chi connectivity index (χ1v) is 6.32. The molecule has 0 saturated carbocycles. The minimum Gasteiger partial charge on any atom is -0.323 e. The third-order valence-electron chi connectivity index (χ3n) is 3.28. The highest BCUT2D eigenvalue weighted by Crippen LogP contribution is 2.16. The number of hydrogen-bond donors (Lipinski definition) is 1. The Morgan fingerprint density at radius 1 is 1.20 bits per heavy atom. The summed E-state index contributed by atoms with van der Waals surface area (Å²) in [7, 11) is 0. The van der Waals surface area contributed by atoms with E-state index in [2.05, 4.69) is 0 Å². The molecule has 3 rings (SSSR count). The van der Waals surface area contributed by atoms with Gasteiger partial charge in [0.25, 0.3) is 5.56 Å². The van der Waals surface area contributed by atoms with Crippen LogP contribution in [0.15, 0.2) is 53.6 Å². The normalized spacial score (nSPS) is 12.8. The standard InChI is InChI=1S/C15H14FN3O/c1-10(17)13-9-18-8-7-12(16)14(18)15(20)19(13)11-5-3-2-4-6-11/h2-10H,17H2,1H3/t10-/m0/s1. The van der Waals surface area contributed by atoms with Crippen LogP contribution in [0, 0.1) is 5.82 Å². The Morgan fingerprint density at radius 3 is 2.55 bits per heavy atom. The van der Waals surface area contributed by atoms with Crippen LogP contribution in [0.3, 0.4) is 0 Å². The lowest BCUT2D eigenvalue weighted by molar-refractivity contribution is 0.635. The SMILES string of the molecule is C[C@H](N)c1cn2ccc(F)c2c(=O)n1-c1ccccc1. The lowest BCUT2D eigenvalue weighted by Crippen LogP contribution is -2.27. The molecule has 0 aliphatic heterocycles. The minimum absolute atomic E-state index is 0.0262. The van der Waals surface area contributed by atoms with Crippen molar-refractivity contribution < 1.29 is 4.39 Å². The minimum atomic E-state index is -0.532. The molecule has 0 fully saturated rings. The van der Waals surface area contributed by atoms with Crippen LogP contribution in [-0.4, -0.2) is 8.97 Å². The summed E-state index contributed by atoms with van der Waals surface area (Å²) in [5.41, 5.74) is 6.87. The first-order chi connectivity index (χ1) is 9.59. The summed E-state index contributed by atoms with van der Waals surface area (Å²) in [6, 6.07) is 10.0. The van der Waals surface area contributed by atoms with Crippen LogP contribution >= 0.6 is 0 Å². The van der Waals surface area contributed by atoms with E-state index < -0.39 is 11.4 Å². The lowest BCUT2D eigenvalue weighted by Gasteiger charge is -2.16. The van der Waals surface area contributed by atoms with E-state index in [4.69, 9.17) is 5.73 Å². The van der Waals surface area contributed by atoms with Crippen molar-refractivity contribution in [2.45, 2.75) is 13.0 Å². The first-order valence-electron chi connectivity index (χ1n) is 6.32. The van der Waals surface area contributed by atoms with Gasteiger partial charge in [-0.2, -0.15) is 0 Å². The van der Waals surface area contributed by atoms with Crippen molar-refractivity contribution in [1.29, 1.82) is 0 Å². The van der Waals surface area contributed by atoms with E-state index >= 15 is 0 Å². The number of rotatable bonds is 2. The Labute approximate surface area is 114 Å². The topological polar surface area (TPSA) is 52.4 Å². The van der Waals surface area contributed by atoms with Crippen molar-refractivity contribution in [2.24, 2.45) is 5.73 Å². The summed E-state index contributed by atoms with van der Waals surface area (Å²) in [5, 5.41) is 0. The number of aromatic nitrogens is 2.